The van der Waals surface area contributed by atoms with E-state index in [9.17, 15) is 0 Å². The molecule has 0 amide bonds. The summed E-state index contributed by atoms with van der Waals surface area (Å²) in [6, 6.07) is 8.21. The second kappa shape index (κ2) is 7.09. The molecule has 0 spiro atoms. The number of hydrogen-bond donors (Lipinski definition) is 1. The van der Waals surface area contributed by atoms with Gasteiger partial charge in [0.15, 0.2) is 0 Å². The third-order valence-electron chi connectivity index (χ3n) is 4.55. The molecule has 112 valence electrons. The topological polar surface area (TPSA) is 44.5 Å². The van der Waals surface area contributed by atoms with E-state index in [1.165, 1.54) is 32.1 Å². The van der Waals surface area contributed by atoms with Crippen LogP contribution in [0.2, 0.25) is 0 Å². The number of hydrogen-bond acceptors (Lipinski definition) is 3. The lowest BCUT2D eigenvalue weighted by molar-refractivity contribution is 0.140. The van der Waals surface area contributed by atoms with Gasteiger partial charge in [0.05, 0.1) is 6.61 Å². The molecule has 1 saturated carbocycles. The van der Waals surface area contributed by atoms with Gasteiger partial charge in [0.1, 0.15) is 12.4 Å². The van der Waals surface area contributed by atoms with Crippen molar-refractivity contribution in [3.8, 4) is 5.75 Å². The molecule has 0 saturated heterocycles. The minimum absolute atomic E-state index is 0.0431. The Labute approximate surface area is 122 Å². The first-order valence-electron chi connectivity index (χ1n) is 7.63. The highest BCUT2D eigenvalue weighted by Gasteiger charge is 2.35. The van der Waals surface area contributed by atoms with Crippen molar-refractivity contribution in [2.45, 2.75) is 45.1 Å². The molecular formula is C17H27NO2. The van der Waals surface area contributed by atoms with Gasteiger partial charge in [-0.1, -0.05) is 44.4 Å². The van der Waals surface area contributed by atoms with Gasteiger partial charge < -0.3 is 15.2 Å². The van der Waals surface area contributed by atoms with Crippen LogP contribution in [0.5, 0.6) is 5.75 Å². The van der Waals surface area contributed by atoms with Gasteiger partial charge in [-0.15, -0.1) is 0 Å². The number of benzene rings is 1. The molecule has 20 heavy (non-hydrogen) atoms. The summed E-state index contributed by atoms with van der Waals surface area (Å²) in [7, 11) is 1.68. The minimum atomic E-state index is 0.0431. The van der Waals surface area contributed by atoms with Crippen LogP contribution < -0.4 is 10.5 Å². The quantitative estimate of drug-likeness (QED) is 0.807. The van der Waals surface area contributed by atoms with Crippen molar-refractivity contribution >= 4 is 0 Å². The Morgan fingerprint density at radius 3 is 2.55 bits per heavy atom. The summed E-state index contributed by atoms with van der Waals surface area (Å²) in [5.74, 6) is 0.906. The normalized spacial score (nSPS) is 19.6. The van der Waals surface area contributed by atoms with Crippen molar-refractivity contribution in [3.63, 3.8) is 0 Å². The van der Waals surface area contributed by atoms with E-state index < -0.39 is 0 Å². The zero-order valence-electron chi connectivity index (χ0n) is 12.7. The van der Waals surface area contributed by atoms with Gasteiger partial charge in [-0.05, 0) is 24.3 Å². The van der Waals surface area contributed by atoms with Crippen LogP contribution in [0.3, 0.4) is 0 Å². The van der Waals surface area contributed by atoms with E-state index in [-0.39, 0.29) is 11.5 Å². The number of para-hydroxylation sites is 1. The van der Waals surface area contributed by atoms with Crippen LogP contribution in [0.15, 0.2) is 24.3 Å². The predicted octanol–water partition coefficient (Wildman–Crippen LogP) is 3.68. The SMILES string of the molecule is COCCOc1ccccc1C(N)C1(C)CCCCC1. The summed E-state index contributed by atoms with van der Waals surface area (Å²) in [5.41, 5.74) is 7.92. The summed E-state index contributed by atoms with van der Waals surface area (Å²) < 4.78 is 10.9. The second-order valence-corrected chi connectivity index (χ2v) is 6.07. The maximum atomic E-state index is 6.60. The van der Waals surface area contributed by atoms with Crippen LogP contribution in [0.25, 0.3) is 0 Å². The van der Waals surface area contributed by atoms with Gasteiger partial charge in [0, 0.05) is 18.7 Å². The van der Waals surface area contributed by atoms with E-state index in [0.717, 1.165) is 11.3 Å². The molecule has 1 fully saturated rings. The van der Waals surface area contributed by atoms with Crippen LogP contribution in [-0.4, -0.2) is 20.3 Å². The highest BCUT2D eigenvalue weighted by Crippen LogP contribution is 2.46. The molecule has 3 heteroatoms. The van der Waals surface area contributed by atoms with E-state index in [1.807, 2.05) is 18.2 Å². The largest absolute Gasteiger partial charge is 0.491 e. The molecule has 1 aromatic rings. The lowest BCUT2D eigenvalue weighted by Gasteiger charge is -2.39. The maximum absolute atomic E-state index is 6.60. The summed E-state index contributed by atoms with van der Waals surface area (Å²) in [6.45, 7) is 3.49. The molecular weight excluding hydrogens is 250 g/mol. The maximum Gasteiger partial charge on any atom is 0.124 e. The van der Waals surface area contributed by atoms with Crippen LogP contribution in [0, 0.1) is 5.41 Å². The Balaban J connectivity index is 2.13. The van der Waals surface area contributed by atoms with Gasteiger partial charge in [0.25, 0.3) is 0 Å². The fourth-order valence-electron chi connectivity index (χ4n) is 3.15. The van der Waals surface area contributed by atoms with Crippen molar-refractivity contribution in [2.75, 3.05) is 20.3 Å². The Morgan fingerprint density at radius 2 is 1.85 bits per heavy atom. The molecule has 1 aromatic carbocycles. The zero-order chi connectivity index (χ0) is 14.4. The molecule has 1 unspecified atom stereocenters. The Hall–Kier alpha value is -1.06. The van der Waals surface area contributed by atoms with E-state index >= 15 is 0 Å². The van der Waals surface area contributed by atoms with Crippen LogP contribution >= 0.6 is 0 Å². The van der Waals surface area contributed by atoms with Crippen molar-refractivity contribution in [3.05, 3.63) is 29.8 Å². The predicted molar refractivity (Wildman–Crippen MR) is 81.9 cm³/mol. The van der Waals surface area contributed by atoms with E-state index in [4.69, 9.17) is 15.2 Å². The third kappa shape index (κ3) is 3.53. The van der Waals surface area contributed by atoms with Crippen LogP contribution in [0.1, 0.15) is 50.6 Å². The summed E-state index contributed by atoms with van der Waals surface area (Å²) in [6.07, 6.45) is 6.34. The molecule has 0 bridgehead atoms. The fourth-order valence-corrected chi connectivity index (χ4v) is 3.15. The molecule has 0 radical (unpaired) electrons. The Bertz CT molecular complexity index is 413. The molecule has 3 nitrogen and oxygen atoms in total. The van der Waals surface area contributed by atoms with Gasteiger partial charge in [-0.3, -0.25) is 0 Å². The van der Waals surface area contributed by atoms with Gasteiger partial charge in [0.2, 0.25) is 0 Å². The van der Waals surface area contributed by atoms with Crippen molar-refractivity contribution < 1.29 is 9.47 Å². The van der Waals surface area contributed by atoms with E-state index in [1.54, 1.807) is 7.11 Å². The van der Waals surface area contributed by atoms with Gasteiger partial charge in [-0.2, -0.15) is 0 Å². The molecule has 1 aliphatic carbocycles. The summed E-state index contributed by atoms with van der Waals surface area (Å²) in [5, 5.41) is 0. The highest BCUT2D eigenvalue weighted by atomic mass is 16.5. The minimum Gasteiger partial charge on any atom is -0.491 e. The molecule has 2 N–H and O–H groups in total. The lowest BCUT2D eigenvalue weighted by Crippen LogP contribution is -2.34. The Kier molecular flexibility index (Phi) is 5.44. The van der Waals surface area contributed by atoms with E-state index in [0.29, 0.717) is 13.2 Å². The standard InChI is InChI=1S/C17H27NO2/c1-17(10-6-3-7-11-17)16(18)14-8-4-5-9-15(14)20-13-12-19-2/h4-5,8-9,16H,3,6-7,10-13,18H2,1-2H3. The highest BCUT2D eigenvalue weighted by molar-refractivity contribution is 5.37. The molecule has 0 aromatic heterocycles. The van der Waals surface area contributed by atoms with Crippen LogP contribution in [0.4, 0.5) is 0 Å². The smallest absolute Gasteiger partial charge is 0.124 e. The molecule has 1 atom stereocenters. The first-order valence-corrected chi connectivity index (χ1v) is 7.63. The molecule has 2 rings (SSSR count). The number of ether oxygens (including phenoxy) is 2. The molecule has 1 aliphatic rings. The first-order chi connectivity index (χ1) is 9.67. The van der Waals surface area contributed by atoms with Gasteiger partial charge in [-0.25, -0.2) is 0 Å². The Morgan fingerprint density at radius 1 is 1.15 bits per heavy atom. The fraction of sp³-hybridized carbons (Fsp3) is 0.647. The molecule has 0 aliphatic heterocycles. The third-order valence-corrected chi connectivity index (χ3v) is 4.55. The summed E-state index contributed by atoms with van der Waals surface area (Å²) >= 11 is 0. The van der Waals surface area contributed by atoms with Crippen LogP contribution in [-0.2, 0) is 4.74 Å². The van der Waals surface area contributed by atoms with E-state index in [2.05, 4.69) is 13.0 Å². The zero-order valence-corrected chi connectivity index (χ0v) is 12.7. The monoisotopic (exact) mass is 277 g/mol. The number of methoxy groups -OCH3 is 1. The van der Waals surface area contributed by atoms with Crippen molar-refractivity contribution in [2.24, 2.45) is 11.1 Å². The number of nitrogens with two attached hydrogens (primary N) is 1. The molecule has 0 heterocycles. The lowest BCUT2D eigenvalue weighted by atomic mass is 9.69. The summed E-state index contributed by atoms with van der Waals surface area (Å²) in [4.78, 5) is 0. The van der Waals surface area contributed by atoms with Crippen molar-refractivity contribution in [1.82, 2.24) is 0 Å². The average Bonchev–Trinajstić information content (AvgIpc) is 2.48. The average molecular weight is 277 g/mol. The van der Waals surface area contributed by atoms with Gasteiger partial charge >= 0.3 is 0 Å². The second-order valence-electron chi connectivity index (χ2n) is 6.07. The number of rotatable bonds is 6. The first kappa shape index (κ1) is 15.3. The van der Waals surface area contributed by atoms with Crippen molar-refractivity contribution in [1.29, 1.82) is 0 Å².